The molecule has 0 unspecified atom stereocenters. The molecule has 4 heteroatoms. The summed E-state index contributed by atoms with van der Waals surface area (Å²) in [6.07, 6.45) is 1.87. The summed E-state index contributed by atoms with van der Waals surface area (Å²) in [6.45, 7) is 15.9. The first kappa shape index (κ1) is 23.9. The van der Waals surface area contributed by atoms with Crippen molar-refractivity contribution in [3.8, 4) is 22.4 Å². The van der Waals surface area contributed by atoms with Crippen molar-refractivity contribution in [2.24, 2.45) is 7.05 Å². The Morgan fingerprint density at radius 2 is 1.66 bits per heavy atom. The number of hydrogen-bond acceptors (Lipinski definition) is 1. The summed E-state index contributed by atoms with van der Waals surface area (Å²) in [6, 6.07) is 24.1. The standard InChI is InChI=1S/C34H28FN2O/c1-20-11-14-25-31-28(36-5)16-15-24(23-13-12-21-9-7-8-10-22(21)17-23)32(31)38-33(25)30(20)29-18-27(35)26(19-37(29)6)34(2,3)4/h7-19H,1-4,6H3/q+1. The maximum absolute atomic E-state index is 15.4. The predicted molar refractivity (Wildman–Crippen MR) is 153 cm³/mol. The van der Waals surface area contributed by atoms with Gasteiger partial charge in [-0.05, 0) is 40.3 Å². The molecule has 2 aromatic heterocycles. The lowest BCUT2D eigenvalue weighted by Gasteiger charge is -2.18. The van der Waals surface area contributed by atoms with Crippen LogP contribution in [0.4, 0.5) is 10.1 Å². The van der Waals surface area contributed by atoms with Gasteiger partial charge in [0, 0.05) is 22.4 Å². The molecule has 2 heterocycles. The molecule has 186 valence electrons. The smallest absolute Gasteiger partial charge is 0.219 e. The number of fused-ring (bicyclic) bond motifs is 4. The van der Waals surface area contributed by atoms with Crippen LogP contribution in [-0.2, 0) is 12.5 Å². The highest BCUT2D eigenvalue weighted by atomic mass is 19.1. The van der Waals surface area contributed by atoms with Crippen LogP contribution in [-0.4, -0.2) is 0 Å². The van der Waals surface area contributed by atoms with Crippen molar-refractivity contribution in [1.29, 1.82) is 0 Å². The minimum atomic E-state index is -0.319. The SMILES string of the molecule is [C-]#[N+]c1ccc(-c2ccc3ccccc3c2)c2oc3c(-c4cc(F)c(C(C)(C)C)c[n+]4C)c(C)ccc3c12. The third-order valence-electron chi connectivity index (χ3n) is 7.44. The van der Waals surface area contributed by atoms with Gasteiger partial charge in [0.25, 0.3) is 0 Å². The Morgan fingerprint density at radius 3 is 2.39 bits per heavy atom. The van der Waals surface area contributed by atoms with Crippen LogP contribution in [0.15, 0.2) is 83.4 Å². The normalized spacial score (nSPS) is 11.9. The molecule has 0 N–H and O–H groups in total. The van der Waals surface area contributed by atoms with Crippen LogP contribution in [0.5, 0.6) is 0 Å². The number of rotatable bonds is 2. The lowest BCUT2D eigenvalue weighted by atomic mass is 9.87. The van der Waals surface area contributed by atoms with E-state index in [9.17, 15) is 0 Å². The predicted octanol–water partition coefficient (Wildman–Crippen LogP) is 9.19. The van der Waals surface area contributed by atoms with Gasteiger partial charge in [0.05, 0.1) is 17.7 Å². The summed E-state index contributed by atoms with van der Waals surface area (Å²) >= 11 is 0. The first-order chi connectivity index (χ1) is 18.2. The molecular formula is C34H28FN2O+. The molecule has 4 aromatic carbocycles. The average molecular weight is 500 g/mol. The zero-order valence-corrected chi connectivity index (χ0v) is 22.2. The van der Waals surface area contributed by atoms with E-state index in [1.54, 1.807) is 6.07 Å². The lowest BCUT2D eigenvalue weighted by molar-refractivity contribution is -0.661. The Morgan fingerprint density at radius 1 is 0.895 bits per heavy atom. The number of aromatic nitrogens is 1. The van der Waals surface area contributed by atoms with Crippen LogP contribution in [0.1, 0.15) is 31.9 Å². The van der Waals surface area contributed by atoms with E-state index in [0.717, 1.165) is 44.1 Å². The van der Waals surface area contributed by atoms with Crippen LogP contribution in [0.3, 0.4) is 0 Å². The van der Waals surface area contributed by atoms with Gasteiger partial charge in [-0.1, -0.05) is 81.4 Å². The van der Waals surface area contributed by atoms with E-state index >= 15 is 4.39 Å². The summed E-state index contributed by atoms with van der Waals surface area (Å²) in [5.41, 5.74) is 6.71. The summed E-state index contributed by atoms with van der Waals surface area (Å²) in [7, 11) is 1.94. The van der Waals surface area contributed by atoms with Crippen molar-refractivity contribution in [1.82, 2.24) is 0 Å². The van der Waals surface area contributed by atoms with E-state index in [-0.39, 0.29) is 11.2 Å². The van der Waals surface area contributed by atoms with E-state index in [4.69, 9.17) is 11.0 Å². The number of furan rings is 1. The molecule has 38 heavy (non-hydrogen) atoms. The van der Waals surface area contributed by atoms with Gasteiger partial charge in [-0.2, -0.15) is 0 Å². The van der Waals surface area contributed by atoms with Gasteiger partial charge in [-0.25, -0.2) is 13.8 Å². The molecule has 0 bridgehead atoms. The van der Waals surface area contributed by atoms with Crippen LogP contribution in [0.2, 0.25) is 0 Å². The largest absolute Gasteiger partial charge is 0.456 e. The van der Waals surface area contributed by atoms with Gasteiger partial charge in [0.1, 0.15) is 24.0 Å². The van der Waals surface area contributed by atoms with E-state index in [1.807, 2.05) is 81.9 Å². The fourth-order valence-corrected chi connectivity index (χ4v) is 5.45. The minimum absolute atomic E-state index is 0.239. The van der Waals surface area contributed by atoms with E-state index in [1.165, 1.54) is 5.39 Å². The quantitative estimate of drug-likeness (QED) is 0.172. The molecule has 0 saturated heterocycles. The molecule has 0 aliphatic rings. The maximum Gasteiger partial charge on any atom is 0.219 e. The molecular weight excluding hydrogens is 471 g/mol. The van der Waals surface area contributed by atoms with Gasteiger partial charge in [0.2, 0.25) is 5.69 Å². The molecule has 0 atom stereocenters. The first-order valence-corrected chi connectivity index (χ1v) is 12.7. The summed E-state index contributed by atoms with van der Waals surface area (Å²) in [5, 5.41) is 3.95. The monoisotopic (exact) mass is 499 g/mol. The van der Waals surface area contributed by atoms with Crippen LogP contribution >= 0.6 is 0 Å². The third-order valence-corrected chi connectivity index (χ3v) is 7.44. The van der Waals surface area contributed by atoms with Gasteiger partial charge in [0.15, 0.2) is 11.9 Å². The van der Waals surface area contributed by atoms with Crippen LogP contribution in [0, 0.1) is 19.3 Å². The van der Waals surface area contributed by atoms with Crippen molar-refractivity contribution >= 4 is 38.4 Å². The molecule has 0 spiro atoms. The number of benzene rings is 4. The summed E-state index contributed by atoms with van der Waals surface area (Å²) < 4.78 is 24.0. The Bertz CT molecular complexity index is 1950. The lowest BCUT2D eigenvalue weighted by Crippen LogP contribution is -2.34. The van der Waals surface area contributed by atoms with Crippen molar-refractivity contribution in [3.63, 3.8) is 0 Å². The topological polar surface area (TPSA) is 21.4 Å². The van der Waals surface area contributed by atoms with Crippen LogP contribution < -0.4 is 4.57 Å². The van der Waals surface area contributed by atoms with E-state index < -0.39 is 0 Å². The first-order valence-electron chi connectivity index (χ1n) is 12.7. The summed E-state index contributed by atoms with van der Waals surface area (Å²) in [4.78, 5) is 3.83. The minimum Gasteiger partial charge on any atom is -0.456 e. The van der Waals surface area contributed by atoms with Crippen molar-refractivity contribution < 1.29 is 13.4 Å². The number of hydrogen-bond donors (Lipinski definition) is 0. The fourth-order valence-electron chi connectivity index (χ4n) is 5.45. The van der Waals surface area contributed by atoms with Crippen molar-refractivity contribution in [3.05, 3.63) is 107 Å². The zero-order valence-electron chi connectivity index (χ0n) is 22.2. The number of nitrogens with zero attached hydrogens (tertiary/aromatic N) is 2. The fraction of sp³-hybridized carbons (Fsp3) is 0.176. The van der Waals surface area contributed by atoms with Crippen molar-refractivity contribution in [2.75, 3.05) is 0 Å². The molecule has 0 fully saturated rings. The van der Waals surface area contributed by atoms with Gasteiger partial charge in [-0.3, -0.25) is 0 Å². The summed E-state index contributed by atoms with van der Waals surface area (Å²) in [5.74, 6) is -0.239. The third kappa shape index (κ3) is 3.66. The molecule has 0 amide bonds. The van der Waals surface area contributed by atoms with E-state index in [0.29, 0.717) is 22.4 Å². The molecule has 0 aliphatic heterocycles. The van der Waals surface area contributed by atoms with Gasteiger partial charge >= 0.3 is 0 Å². The highest BCUT2D eigenvalue weighted by molar-refractivity contribution is 6.18. The second-order valence-electron chi connectivity index (χ2n) is 11.0. The number of aryl methyl sites for hydroxylation is 2. The highest BCUT2D eigenvalue weighted by Gasteiger charge is 2.28. The Kier molecular flexibility index (Phi) is 5.36. The van der Waals surface area contributed by atoms with Crippen molar-refractivity contribution in [2.45, 2.75) is 33.1 Å². The molecule has 6 rings (SSSR count). The Hall–Kier alpha value is -4.49. The molecule has 0 aliphatic carbocycles. The second kappa shape index (κ2) is 8.53. The van der Waals surface area contributed by atoms with E-state index in [2.05, 4.69) is 35.2 Å². The number of pyridine rings is 1. The Labute approximate surface area is 221 Å². The second-order valence-corrected chi connectivity index (χ2v) is 11.0. The molecule has 0 saturated carbocycles. The molecule has 0 radical (unpaired) electrons. The van der Waals surface area contributed by atoms with Gasteiger partial charge < -0.3 is 4.42 Å². The Balaban J connectivity index is 1.67. The molecule has 3 nitrogen and oxygen atoms in total. The maximum atomic E-state index is 15.4. The zero-order chi connectivity index (χ0) is 26.8. The number of halogens is 1. The highest BCUT2D eigenvalue weighted by Crippen LogP contribution is 2.45. The van der Waals surface area contributed by atoms with Gasteiger partial charge in [-0.15, -0.1) is 0 Å². The average Bonchev–Trinajstić information content (AvgIpc) is 3.28. The van der Waals surface area contributed by atoms with Crippen LogP contribution in [0.25, 0.3) is 59.9 Å². The molecule has 6 aromatic rings.